The van der Waals surface area contributed by atoms with Crippen LogP contribution in [0.5, 0.6) is 11.5 Å². The summed E-state index contributed by atoms with van der Waals surface area (Å²) in [5.41, 5.74) is 3.33. The van der Waals surface area contributed by atoms with Crippen LogP contribution < -0.4 is 29.5 Å². The van der Waals surface area contributed by atoms with E-state index < -0.39 is 5.91 Å². The highest BCUT2D eigenvalue weighted by Gasteiger charge is 2.17. The Morgan fingerprint density at radius 2 is 1.76 bits per heavy atom. The molecule has 4 rings (SSSR count). The normalized spacial score (nSPS) is 12.0. The lowest BCUT2D eigenvalue weighted by molar-refractivity contribution is -0.111. The Labute approximate surface area is 224 Å². The number of aromatic nitrogens is 1. The number of nitrogens with zero attached hydrogens (tertiary/aromatic N) is 2. The van der Waals surface area contributed by atoms with Crippen molar-refractivity contribution in [1.82, 2.24) is 4.57 Å². The van der Waals surface area contributed by atoms with Crippen molar-refractivity contribution in [2.45, 2.75) is 20.8 Å². The molecule has 7 nitrogen and oxygen atoms in total. The molecule has 0 spiro atoms. The van der Waals surface area contributed by atoms with Gasteiger partial charge in [-0.1, -0.05) is 30.3 Å². The van der Waals surface area contributed by atoms with Crippen LogP contribution in [0, 0.1) is 25.2 Å². The smallest absolute Gasteiger partial charge is 0.273 e. The number of aryl methyl sites for hydroxylation is 2. The van der Waals surface area contributed by atoms with E-state index in [-0.39, 0.29) is 15.8 Å². The summed E-state index contributed by atoms with van der Waals surface area (Å²) in [5.74, 6) is 0.555. The predicted octanol–water partition coefficient (Wildman–Crippen LogP) is 4.06. The molecule has 3 aromatic carbocycles. The van der Waals surface area contributed by atoms with Crippen molar-refractivity contribution < 1.29 is 14.3 Å². The topological polar surface area (TPSA) is 93.4 Å². The molecule has 1 heterocycles. The minimum atomic E-state index is -0.585. The van der Waals surface area contributed by atoms with Crippen LogP contribution in [-0.4, -0.2) is 24.2 Å². The number of hydrogen-bond donors (Lipinski definition) is 1. The monoisotopic (exact) mass is 525 g/mol. The Morgan fingerprint density at radius 1 is 1.05 bits per heavy atom. The Balaban J connectivity index is 1.92. The number of nitrogens with one attached hydrogen (secondary N) is 1. The molecule has 1 N–H and O–H groups in total. The lowest BCUT2D eigenvalue weighted by Gasteiger charge is -2.09. The molecule has 38 heavy (non-hydrogen) atoms. The third-order valence-electron chi connectivity index (χ3n) is 5.66. The van der Waals surface area contributed by atoms with Gasteiger partial charge in [0.2, 0.25) is 0 Å². The van der Waals surface area contributed by atoms with Crippen LogP contribution in [0.3, 0.4) is 0 Å². The quantitative estimate of drug-likeness (QED) is 0.393. The van der Waals surface area contributed by atoms with Crippen LogP contribution >= 0.6 is 11.3 Å². The van der Waals surface area contributed by atoms with Crippen LogP contribution in [-0.2, 0) is 4.79 Å². The lowest BCUT2D eigenvalue weighted by Crippen LogP contribution is -2.32. The van der Waals surface area contributed by atoms with E-state index in [2.05, 4.69) is 5.32 Å². The fraction of sp³-hybridized carbons (Fsp3) is 0.167. The lowest BCUT2D eigenvalue weighted by atomic mass is 10.1. The molecule has 1 aromatic heterocycles. The summed E-state index contributed by atoms with van der Waals surface area (Å²) in [6, 6.07) is 22.0. The summed E-state index contributed by atoms with van der Waals surface area (Å²) in [4.78, 5) is 26.9. The SMILES string of the molecule is CCOc1ccc(C=c2sc(=C(C#N)C(=O)Nc3cc(C)cc(C)c3)n(-c3ccccc3)c2=O)cc1OC. The summed E-state index contributed by atoms with van der Waals surface area (Å²) >= 11 is 1.08. The molecule has 0 fully saturated rings. The molecule has 0 saturated heterocycles. The van der Waals surface area contributed by atoms with Gasteiger partial charge < -0.3 is 14.8 Å². The standard InChI is InChI=1S/C30H27N3O4S/c1-5-37-25-12-11-21(16-26(25)36-4)17-27-29(35)33(23-9-7-6-8-10-23)30(38-27)24(18-31)28(34)32-22-14-19(2)13-20(3)15-22/h6-17H,5H2,1-4H3,(H,32,34). The van der Waals surface area contributed by atoms with Gasteiger partial charge in [0.25, 0.3) is 11.5 Å². The van der Waals surface area contributed by atoms with Gasteiger partial charge in [0, 0.05) is 5.69 Å². The maximum atomic E-state index is 13.6. The van der Waals surface area contributed by atoms with Gasteiger partial charge in [-0.05, 0) is 79.9 Å². The second kappa shape index (κ2) is 11.6. The van der Waals surface area contributed by atoms with Crippen LogP contribution in [0.4, 0.5) is 5.69 Å². The number of para-hydroxylation sites is 1. The fourth-order valence-electron chi connectivity index (χ4n) is 4.10. The van der Waals surface area contributed by atoms with Gasteiger partial charge in [0.05, 0.1) is 23.9 Å². The second-order valence-electron chi connectivity index (χ2n) is 8.55. The third kappa shape index (κ3) is 5.69. The van der Waals surface area contributed by atoms with E-state index in [0.29, 0.717) is 39.6 Å². The summed E-state index contributed by atoms with van der Waals surface area (Å²) in [5, 5.41) is 12.9. The van der Waals surface area contributed by atoms with Crippen molar-refractivity contribution >= 4 is 34.6 Å². The molecule has 0 radical (unpaired) electrons. The molecule has 0 aliphatic heterocycles. The average molecular weight is 526 g/mol. The first-order valence-corrected chi connectivity index (χ1v) is 12.8. The van der Waals surface area contributed by atoms with Crippen LogP contribution in [0.15, 0.2) is 71.5 Å². The predicted molar refractivity (Wildman–Crippen MR) is 150 cm³/mol. The van der Waals surface area contributed by atoms with Gasteiger partial charge in [-0.3, -0.25) is 14.2 Å². The first kappa shape index (κ1) is 26.5. The van der Waals surface area contributed by atoms with Crippen molar-refractivity contribution in [3.8, 4) is 23.3 Å². The van der Waals surface area contributed by atoms with Crippen molar-refractivity contribution in [3.63, 3.8) is 0 Å². The summed E-state index contributed by atoms with van der Waals surface area (Å²) in [7, 11) is 1.55. The minimum absolute atomic E-state index is 0.154. The maximum Gasteiger partial charge on any atom is 0.273 e. The Morgan fingerprint density at radius 3 is 2.39 bits per heavy atom. The molecule has 0 unspecified atom stereocenters. The first-order valence-electron chi connectivity index (χ1n) is 12.0. The van der Waals surface area contributed by atoms with Gasteiger partial charge in [0.1, 0.15) is 10.7 Å². The van der Waals surface area contributed by atoms with Gasteiger partial charge in [-0.25, -0.2) is 0 Å². The van der Waals surface area contributed by atoms with E-state index in [4.69, 9.17) is 9.47 Å². The van der Waals surface area contributed by atoms with Crippen molar-refractivity contribution in [3.05, 3.63) is 103 Å². The Kier molecular flexibility index (Phi) is 8.09. The number of methoxy groups -OCH3 is 1. The summed E-state index contributed by atoms with van der Waals surface area (Å²) < 4.78 is 13.0. The molecule has 0 saturated carbocycles. The molecular weight excluding hydrogens is 498 g/mol. The molecule has 1 amide bonds. The highest BCUT2D eigenvalue weighted by atomic mass is 32.1. The van der Waals surface area contributed by atoms with Crippen LogP contribution in [0.2, 0.25) is 0 Å². The molecule has 8 heteroatoms. The van der Waals surface area contributed by atoms with Crippen molar-refractivity contribution in [2.24, 2.45) is 0 Å². The van der Waals surface area contributed by atoms with E-state index >= 15 is 0 Å². The van der Waals surface area contributed by atoms with Gasteiger partial charge in [-0.2, -0.15) is 5.26 Å². The Hall–Kier alpha value is -4.61. The van der Waals surface area contributed by atoms with Gasteiger partial charge >= 0.3 is 0 Å². The van der Waals surface area contributed by atoms with Crippen molar-refractivity contribution in [1.29, 1.82) is 5.26 Å². The van der Waals surface area contributed by atoms with Crippen molar-refractivity contribution in [2.75, 3.05) is 19.0 Å². The molecule has 4 aromatic rings. The third-order valence-corrected chi connectivity index (χ3v) is 6.75. The Bertz CT molecular complexity index is 1690. The average Bonchev–Trinajstić information content (AvgIpc) is 3.20. The van der Waals surface area contributed by atoms with Gasteiger partial charge in [0.15, 0.2) is 17.1 Å². The number of hydrogen-bond acceptors (Lipinski definition) is 6. The van der Waals surface area contributed by atoms with E-state index in [1.807, 2.05) is 57.2 Å². The second-order valence-corrected chi connectivity index (χ2v) is 9.58. The number of ether oxygens (including phenoxy) is 2. The van der Waals surface area contributed by atoms with Crippen LogP contribution in [0.25, 0.3) is 17.3 Å². The zero-order valence-electron chi connectivity index (χ0n) is 21.6. The molecule has 0 atom stereocenters. The van der Waals surface area contributed by atoms with E-state index in [1.165, 1.54) is 4.57 Å². The number of anilines is 1. The highest BCUT2D eigenvalue weighted by Crippen LogP contribution is 2.28. The number of nitriles is 1. The number of rotatable bonds is 7. The van der Waals surface area contributed by atoms with Crippen LogP contribution in [0.1, 0.15) is 23.6 Å². The maximum absolute atomic E-state index is 13.6. The number of thiazole rings is 1. The first-order chi connectivity index (χ1) is 18.3. The zero-order chi connectivity index (χ0) is 27.2. The number of carbonyl (C=O) groups is 1. The van der Waals surface area contributed by atoms with Gasteiger partial charge in [-0.15, -0.1) is 11.3 Å². The number of carbonyl (C=O) groups excluding carboxylic acids is 1. The number of amides is 1. The molecule has 0 aliphatic rings. The molecule has 192 valence electrons. The minimum Gasteiger partial charge on any atom is -0.493 e. The van der Waals surface area contributed by atoms with E-state index in [0.717, 1.165) is 22.5 Å². The molecule has 0 aliphatic carbocycles. The zero-order valence-corrected chi connectivity index (χ0v) is 22.4. The largest absolute Gasteiger partial charge is 0.493 e. The highest BCUT2D eigenvalue weighted by molar-refractivity contribution is 7.07. The summed E-state index contributed by atoms with van der Waals surface area (Å²) in [6.07, 6.45) is 1.71. The summed E-state index contributed by atoms with van der Waals surface area (Å²) in [6.45, 7) is 6.24. The number of benzene rings is 3. The fourth-order valence-corrected chi connectivity index (χ4v) is 5.20. The van der Waals surface area contributed by atoms with E-state index in [9.17, 15) is 14.9 Å². The molecule has 0 bridgehead atoms. The molecular formula is C30H27N3O4S. The van der Waals surface area contributed by atoms with E-state index in [1.54, 1.807) is 49.6 Å².